The molecule has 0 bridgehead atoms. The van der Waals surface area contributed by atoms with Gasteiger partial charge in [0.2, 0.25) is 0 Å². The molecule has 0 amide bonds. The summed E-state index contributed by atoms with van der Waals surface area (Å²) in [5, 5.41) is 0.557. The normalized spacial score (nSPS) is 20.9. The molecule has 22 heavy (non-hydrogen) atoms. The van der Waals surface area contributed by atoms with Crippen molar-refractivity contribution in [2.45, 2.75) is 17.2 Å². The van der Waals surface area contributed by atoms with Crippen LogP contribution in [0.2, 0.25) is 5.02 Å². The fourth-order valence-corrected chi connectivity index (χ4v) is 4.75. The van der Waals surface area contributed by atoms with Gasteiger partial charge in [0.15, 0.2) is 4.90 Å². The lowest BCUT2D eigenvalue weighted by Crippen LogP contribution is -2.45. The van der Waals surface area contributed by atoms with E-state index < -0.39 is 11.2 Å². The maximum Gasteiger partial charge on any atom is 0.193 e. The summed E-state index contributed by atoms with van der Waals surface area (Å²) in [7, 11) is 0. The van der Waals surface area contributed by atoms with Gasteiger partial charge in [-0.15, -0.1) is 0 Å². The fourth-order valence-electron chi connectivity index (χ4n) is 3.01. The Hall–Kier alpha value is -1.30. The number of anilines is 1. The summed E-state index contributed by atoms with van der Waals surface area (Å²) >= 11 is 5.26. The lowest BCUT2D eigenvalue weighted by molar-refractivity contribution is 0.517. The Balaban J connectivity index is 1.51. The Morgan fingerprint density at radius 1 is 1.27 bits per heavy atom. The number of halogens is 2. The summed E-state index contributed by atoms with van der Waals surface area (Å²) in [4.78, 5) is 7.48. The van der Waals surface area contributed by atoms with Crippen molar-refractivity contribution in [3.8, 4) is 0 Å². The zero-order chi connectivity index (χ0) is 15.3. The van der Waals surface area contributed by atoms with Gasteiger partial charge in [-0.05, 0) is 28.9 Å². The van der Waals surface area contributed by atoms with Gasteiger partial charge in [-0.3, -0.25) is 0 Å². The lowest BCUT2D eigenvalue weighted by atomic mass is 9.91. The van der Waals surface area contributed by atoms with Gasteiger partial charge in [-0.2, -0.15) is 0 Å². The van der Waals surface area contributed by atoms with Crippen LogP contribution in [0.4, 0.5) is 10.2 Å². The maximum atomic E-state index is 13.0. The van der Waals surface area contributed by atoms with E-state index in [9.17, 15) is 8.94 Å². The van der Waals surface area contributed by atoms with Gasteiger partial charge in [0.05, 0.1) is 0 Å². The molecule has 0 aliphatic carbocycles. The summed E-state index contributed by atoms with van der Waals surface area (Å²) in [5.41, 5.74) is 2.01. The highest BCUT2D eigenvalue weighted by Crippen LogP contribution is 2.37. The molecule has 1 atom stereocenters. The zero-order valence-corrected chi connectivity index (χ0v) is 13.3. The average Bonchev–Trinajstić information content (AvgIpc) is 2.81. The van der Waals surface area contributed by atoms with Gasteiger partial charge in [-0.25, -0.2) is 9.37 Å². The Labute approximate surface area is 136 Å². The summed E-state index contributed by atoms with van der Waals surface area (Å²) in [6.07, 6.45) is 0.727. The van der Waals surface area contributed by atoms with Gasteiger partial charge in [0, 0.05) is 31.5 Å². The van der Waals surface area contributed by atoms with E-state index in [1.807, 2.05) is 18.2 Å². The van der Waals surface area contributed by atoms with Gasteiger partial charge >= 0.3 is 0 Å². The standard InChI is InChI=1S/C16H14ClFN2OS/c17-13-7-15(19-14-5-6-22(21)16(13)14)20-8-11(9-20)10-1-3-12(18)4-2-10/h1-4,7,11H,5-6,8-9H2. The monoisotopic (exact) mass is 336 g/mol. The molecule has 1 unspecified atom stereocenters. The van der Waals surface area contributed by atoms with Crippen molar-refractivity contribution in [1.82, 2.24) is 4.98 Å². The van der Waals surface area contributed by atoms with E-state index in [1.165, 1.54) is 12.1 Å². The zero-order valence-electron chi connectivity index (χ0n) is 11.8. The number of rotatable bonds is 2. The number of fused-ring (bicyclic) bond motifs is 1. The van der Waals surface area contributed by atoms with Crippen molar-refractivity contribution in [1.29, 1.82) is 0 Å². The third-order valence-corrected chi connectivity index (χ3v) is 6.18. The van der Waals surface area contributed by atoms with Crippen molar-refractivity contribution in [3.05, 3.63) is 52.4 Å². The Morgan fingerprint density at radius 2 is 2.00 bits per heavy atom. The van der Waals surface area contributed by atoms with Crippen LogP contribution >= 0.6 is 11.6 Å². The predicted molar refractivity (Wildman–Crippen MR) is 85.6 cm³/mol. The van der Waals surface area contributed by atoms with Crippen molar-refractivity contribution in [3.63, 3.8) is 0 Å². The van der Waals surface area contributed by atoms with E-state index in [1.54, 1.807) is 0 Å². The minimum atomic E-state index is -1.00. The molecule has 0 saturated carbocycles. The van der Waals surface area contributed by atoms with E-state index >= 15 is 0 Å². The van der Waals surface area contributed by atoms with Crippen LogP contribution in [-0.4, -0.2) is 28.4 Å². The van der Waals surface area contributed by atoms with Crippen LogP contribution in [0, 0.1) is 5.82 Å². The molecule has 2 aliphatic heterocycles. The molecule has 1 saturated heterocycles. The maximum absolute atomic E-state index is 13.0. The summed E-state index contributed by atoms with van der Waals surface area (Å²) < 4.78 is 24.8. The number of hydrogen-bond acceptors (Lipinski definition) is 3. The minimum absolute atomic E-state index is 0.208. The van der Waals surface area contributed by atoms with Crippen LogP contribution < -0.4 is 4.90 Å². The molecule has 3 nitrogen and oxygen atoms in total. The van der Waals surface area contributed by atoms with E-state index in [-0.39, 0.29) is 5.82 Å². The number of benzene rings is 1. The Bertz CT molecular complexity index is 719. The first-order valence-electron chi connectivity index (χ1n) is 7.20. The number of aryl methyl sites for hydroxylation is 1. The van der Waals surface area contributed by atoms with Crippen LogP contribution in [-0.2, 0) is 17.6 Å². The van der Waals surface area contributed by atoms with Gasteiger partial charge in [0.1, 0.15) is 28.1 Å². The number of hydrogen-bond donors (Lipinski definition) is 0. The highest BCUT2D eigenvalue weighted by molar-refractivity contribution is 7.91. The quantitative estimate of drug-likeness (QED) is 0.791. The van der Waals surface area contributed by atoms with Crippen LogP contribution in [0.15, 0.2) is 35.2 Å². The molecule has 1 fully saturated rings. The number of aromatic nitrogens is 1. The van der Waals surface area contributed by atoms with Gasteiger partial charge in [-0.1, -0.05) is 23.7 Å². The van der Waals surface area contributed by atoms with Crippen LogP contribution in [0.1, 0.15) is 17.2 Å². The molecule has 0 N–H and O–H groups in total. The molecule has 0 radical (unpaired) electrons. The first kappa shape index (κ1) is 14.3. The molecule has 1 aromatic heterocycles. The largest absolute Gasteiger partial charge is 0.611 e. The molecule has 6 heteroatoms. The van der Waals surface area contributed by atoms with Crippen LogP contribution in [0.5, 0.6) is 0 Å². The molecule has 0 spiro atoms. The topological polar surface area (TPSA) is 39.2 Å². The molecule has 2 aliphatic rings. The van der Waals surface area contributed by atoms with Crippen molar-refractivity contribution in [2.24, 2.45) is 0 Å². The second-order valence-electron chi connectivity index (χ2n) is 5.69. The number of pyridine rings is 1. The highest BCUT2D eigenvalue weighted by atomic mass is 35.5. The summed E-state index contributed by atoms with van der Waals surface area (Å²) in [5.74, 6) is 1.65. The predicted octanol–water partition coefficient (Wildman–Crippen LogP) is 3.14. The van der Waals surface area contributed by atoms with E-state index in [2.05, 4.69) is 9.88 Å². The fraction of sp³-hybridized carbons (Fsp3) is 0.312. The first-order chi connectivity index (χ1) is 10.6. The molecule has 1 aromatic carbocycles. The van der Waals surface area contributed by atoms with E-state index in [0.29, 0.717) is 21.6 Å². The molecular formula is C16H14ClFN2OS. The van der Waals surface area contributed by atoms with Gasteiger partial charge in [0.25, 0.3) is 0 Å². The third kappa shape index (κ3) is 2.37. The van der Waals surface area contributed by atoms with Crippen molar-refractivity contribution < 1.29 is 8.94 Å². The smallest absolute Gasteiger partial charge is 0.193 e. The molecule has 4 rings (SSSR count). The minimum Gasteiger partial charge on any atom is -0.611 e. The van der Waals surface area contributed by atoms with Crippen molar-refractivity contribution in [2.75, 3.05) is 23.7 Å². The lowest BCUT2D eigenvalue weighted by Gasteiger charge is -2.40. The molecule has 114 valence electrons. The highest BCUT2D eigenvalue weighted by Gasteiger charge is 2.34. The van der Waals surface area contributed by atoms with E-state index in [0.717, 1.165) is 36.6 Å². The second kappa shape index (κ2) is 5.41. The molecule has 3 heterocycles. The Kier molecular flexibility index (Phi) is 3.51. The SMILES string of the molecule is [O-][S+]1CCc2nc(N3CC(c4ccc(F)cc4)C3)cc(Cl)c21. The third-order valence-electron chi connectivity index (χ3n) is 4.28. The number of nitrogens with zero attached hydrogens (tertiary/aromatic N) is 2. The van der Waals surface area contributed by atoms with Crippen molar-refractivity contribution >= 4 is 28.6 Å². The molecule has 2 aromatic rings. The van der Waals surface area contributed by atoms with Gasteiger partial charge < -0.3 is 9.45 Å². The summed E-state index contributed by atoms with van der Waals surface area (Å²) in [6, 6.07) is 8.48. The Morgan fingerprint density at radius 3 is 2.73 bits per heavy atom. The molecular weight excluding hydrogens is 323 g/mol. The second-order valence-corrected chi connectivity index (χ2v) is 7.61. The van der Waals surface area contributed by atoms with Crippen LogP contribution in [0.25, 0.3) is 0 Å². The van der Waals surface area contributed by atoms with E-state index in [4.69, 9.17) is 11.6 Å². The summed E-state index contributed by atoms with van der Waals surface area (Å²) in [6.45, 7) is 1.69. The van der Waals surface area contributed by atoms with Crippen LogP contribution in [0.3, 0.4) is 0 Å². The first-order valence-corrected chi connectivity index (χ1v) is 8.90. The average molecular weight is 337 g/mol.